The molecule has 1 aromatic rings. The third kappa shape index (κ3) is 4.36. The molecule has 0 nitrogen and oxygen atoms in total. The van der Waals surface area contributed by atoms with Crippen LogP contribution in [0.5, 0.6) is 0 Å². The van der Waals surface area contributed by atoms with Crippen LogP contribution in [0, 0.1) is 11.8 Å². The molecule has 0 saturated heterocycles. The molecule has 0 unspecified atom stereocenters. The van der Waals surface area contributed by atoms with E-state index in [1.54, 1.807) is 0 Å². The number of allylic oxidation sites excluding steroid dienone is 1. The molecule has 0 aliphatic carbocycles. The Morgan fingerprint density at radius 1 is 0.947 bits per heavy atom. The third-order valence-corrected chi connectivity index (χ3v) is 2.01. The SMILES string of the molecule is C=C(C)C#Cc1cc(C(F)(F)F)cc(C(F)(F)F)c1. The van der Waals surface area contributed by atoms with Crippen molar-refractivity contribution in [2.24, 2.45) is 0 Å². The van der Waals surface area contributed by atoms with Crippen molar-refractivity contribution in [3.63, 3.8) is 0 Å². The number of benzene rings is 1. The minimum absolute atomic E-state index is 0.0615. The lowest BCUT2D eigenvalue weighted by Crippen LogP contribution is -2.11. The summed E-state index contributed by atoms with van der Waals surface area (Å²) in [5, 5.41) is 0. The number of rotatable bonds is 0. The molecular formula is C13H8F6. The zero-order chi connectivity index (χ0) is 14.8. The zero-order valence-electron chi connectivity index (χ0n) is 9.71. The summed E-state index contributed by atoms with van der Waals surface area (Å²) in [6, 6.07) is 1.21. The van der Waals surface area contributed by atoms with Crippen LogP contribution in [0.25, 0.3) is 0 Å². The molecule has 0 heterocycles. The van der Waals surface area contributed by atoms with Gasteiger partial charge in [-0.05, 0) is 30.7 Å². The Bertz CT molecular complexity index is 519. The summed E-state index contributed by atoms with van der Waals surface area (Å²) in [6.45, 7) is 4.89. The van der Waals surface area contributed by atoms with Crippen molar-refractivity contribution in [1.82, 2.24) is 0 Å². The van der Waals surface area contributed by atoms with Gasteiger partial charge >= 0.3 is 12.4 Å². The smallest absolute Gasteiger partial charge is 0.166 e. The molecule has 6 heteroatoms. The summed E-state index contributed by atoms with van der Waals surface area (Å²) in [7, 11) is 0. The molecule has 19 heavy (non-hydrogen) atoms. The number of halogens is 6. The molecule has 0 bridgehead atoms. The van der Waals surface area contributed by atoms with Gasteiger partial charge in [0.25, 0.3) is 0 Å². The summed E-state index contributed by atoms with van der Waals surface area (Å²) in [5.41, 5.74) is -2.78. The van der Waals surface area contributed by atoms with Crippen LogP contribution in [0.2, 0.25) is 0 Å². The Kier molecular flexibility index (Phi) is 3.99. The highest BCUT2D eigenvalue weighted by Crippen LogP contribution is 2.36. The van der Waals surface area contributed by atoms with Crippen LogP contribution < -0.4 is 0 Å². The molecule has 0 spiro atoms. The van der Waals surface area contributed by atoms with Crippen LogP contribution in [0.15, 0.2) is 30.4 Å². The number of alkyl halides is 6. The first kappa shape index (κ1) is 15.2. The monoisotopic (exact) mass is 278 g/mol. The summed E-state index contributed by atoms with van der Waals surface area (Å²) >= 11 is 0. The molecule has 0 amide bonds. The van der Waals surface area contributed by atoms with Crippen molar-refractivity contribution in [3.8, 4) is 11.8 Å². The van der Waals surface area contributed by atoms with Crippen molar-refractivity contribution in [3.05, 3.63) is 47.0 Å². The highest BCUT2D eigenvalue weighted by atomic mass is 19.4. The van der Waals surface area contributed by atoms with Crippen LogP contribution in [-0.4, -0.2) is 0 Å². The van der Waals surface area contributed by atoms with E-state index in [9.17, 15) is 26.3 Å². The van der Waals surface area contributed by atoms with Crippen molar-refractivity contribution in [2.75, 3.05) is 0 Å². The Morgan fingerprint density at radius 2 is 1.37 bits per heavy atom. The average molecular weight is 278 g/mol. The van der Waals surface area contributed by atoms with Crippen molar-refractivity contribution < 1.29 is 26.3 Å². The maximum Gasteiger partial charge on any atom is 0.416 e. The average Bonchev–Trinajstić information content (AvgIpc) is 2.23. The fourth-order valence-corrected chi connectivity index (χ4v) is 1.21. The highest BCUT2D eigenvalue weighted by Gasteiger charge is 2.36. The Balaban J connectivity index is 3.43. The van der Waals surface area contributed by atoms with Gasteiger partial charge in [-0.25, -0.2) is 0 Å². The molecule has 0 atom stereocenters. The number of hydrogen-bond acceptors (Lipinski definition) is 0. The maximum absolute atomic E-state index is 12.5. The standard InChI is InChI=1S/C13H8F6/c1-8(2)3-4-9-5-10(12(14,15)16)7-11(6-9)13(17,18)19/h5-7H,1H2,2H3. The Labute approximate surface area is 105 Å². The quantitative estimate of drug-likeness (QED) is 0.478. The van der Waals surface area contributed by atoms with E-state index in [1.165, 1.54) is 6.92 Å². The van der Waals surface area contributed by atoms with Crippen LogP contribution in [-0.2, 0) is 12.4 Å². The van der Waals surface area contributed by atoms with E-state index in [-0.39, 0.29) is 11.6 Å². The summed E-state index contributed by atoms with van der Waals surface area (Å²) < 4.78 is 75.0. The highest BCUT2D eigenvalue weighted by molar-refractivity contribution is 5.45. The maximum atomic E-state index is 12.5. The molecule has 1 rings (SSSR count). The molecule has 0 aliphatic rings. The van der Waals surface area contributed by atoms with Crippen molar-refractivity contribution >= 4 is 0 Å². The van der Waals surface area contributed by atoms with E-state index in [2.05, 4.69) is 18.4 Å². The first-order valence-corrected chi connectivity index (χ1v) is 4.97. The second kappa shape index (κ2) is 5.00. The van der Waals surface area contributed by atoms with Crippen LogP contribution in [0.4, 0.5) is 26.3 Å². The van der Waals surface area contributed by atoms with Gasteiger partial charge in [-0.1, -0.05) is 18.4 Å². The molecule has 0 aliphatic heterocycles. The van der Waals surface area contributed by atoms with E-state index < -0.39 is 23.5 Å². The predicted octanol–water partition coefficient (Wildman–Crippen LogP) is 4.65. The lowest BCUT2D eigenvalue weighted by molar-refractivity contribution is -0.143. The fourth-order valence-electron chi connectivity index (χ4n) is 1.21. The zero-order valence-corrected chi connectivity index (χ0v) is 9.71. The predicted molar refractivity (Wildman–Crippen MR) is 58.1 cm³/mol. The first-order chi connectivity index (χ1) is 8.50. The van der Waals surface area contributed by atoms with Gasteiger partial charge in [0.15, 0.2) is 0 Å². The molecule has 0 N–H and O–H groups in total. The minimum Gasteiger partial charge on any atom is -0.166 e. The van der Waals surface area contributed by atoms with E-state index in [0.29, 0.717) is 17.7 Å². The van der Waals surface area contributed by atoms with E-state index in [0.717, 1.165) is 0 Å². The molecule has 0 radical (unpaired) electrons. The minimum atomic E-state index is -4.86. The van der Waals surface area contributed by atoms with Gasteiger partial charge in [-0.15, -0.1) is 0 Å². The second-order valence-electron chi connectivity index (χ2n) is 3.82. The molecular weight excluding hydrogens is 270 g/mol. The summed E-state index contributed by atoms with van der Waals surface area (Å²) in [4.78, 5) is 0. The van der Waals surface area contributed by atoms with Gasteiger partial charge < -0.3 is 0 Å². The largest absolute Gasteiger partial charge is 0.416 e. The van der Waals surface area contributed by atoms with Gasteiger partial charge in [-0.2, -0.15) is 26.3 Å². The Hall–Kier alpha value is -1.90. The molecule has 0 aromatic heterocycles. The first-order valence-electron chi connectivity index (χ1n) is 4.97. The van der Waals surface area contributed by atoms with E-state index >= 15 is 0 Å². The van der Waals surface area contributed by atoms with E-state index in [1.807, 2.05) is 0 Å². The van der Waals surface area contributed by atoms with Gasteiger partial charge in [-0.3, -0.25) is 0 Å². The third-order valence-electron chi connectivity index (χ3n) is 2.01. The molecule has 0 saturated carbocycles. The molecule has 1 aromatic carbocycles. The van der Waals surface area contributed by atoms with Crippen LogP contribution in [0.3, 0.4) is 0 Å². The summed E-state index contributed by atoms with van der Waals surface area (Å²) in [5.74, 6) is 4.56. The van der Waals surface area contributed by atoms with Crippen molar-refractivity contribution in [2.45, 2.75) is 19.3 Å². The van der Waals surface area contributed by atoms with Gasteiger partial charge in [0.2, 0.25) is 0 Å². The van der Waals surface area contributed by atoms with Crippen LogP contribution >= 0.6 is 0 Å². The topological polar surface area (TPSA) is 0 Å². The second-order valence-corrected chi connectivity index (χ2v) is 3.82. The molecule has 0 fully saturated rings. The molecule has 102 valence electrons. The van der Waals surface area contributed by atoms with Crippen molar-refractivity contribution in [1.29, 1.82) is 0 Å². The van der Waals surface area contributed by atoms with Gasteiger partial charge in [0, 0.05) is 5.56 Å². The lowest BCUT2D eigenvalue weighted by atomic mass is 10.0. The summed E-state index contributed by atoms with van der Waals surface area (Å²) in [6.07, 6.45) is -9.72. The fraction of sp³-hybridized carbons (Fsp3) is 0.231. The lowest BCUT2D eigenvalue weighted by Gasteiger charge is -2.12. The number of hydrogen-bond donors (Lipinski definition) is 0. The van der Waals surface area contributed by atoms with Gasteiger partial charge in [0.1, 0.15) is 0 Å². The Morgan fingerprint density at radius 3 is 1.68 bits per heavy atom. The normalized spacial score (nSPS) is 11.7. The van der Waals surface area contributed by atoms with E-state index in [4.69, 9.17) is 0 Å². The van der Waals surface area contributed by atoms with Crippen LogP contribution in [0.1, 0.15) is 23.6 Å². The van der Waals surface area contributed by atoms with Gasteiger partial charge in [0.05, 0.1) is 11.1 Å².